The minimum absolute atomic E-state index is 0.0231. The molecule has 0 spiro atoms. The fourth-order valence-electron chi connectivity index (χ4n) is 1.84. The van der Waals surface area contributed by atoms with Crippen molar-refractivity contribution in [3.05, 3.63) is 74.9 Å². The van der Waals surface area contributed by atoms with Gasteiger partial charge in [-0.15, -0.1) is 0 Å². The van der Waals surface area contributed by atoms with Gasteiger partial charge in [0.1, 0.15) is 0 Å². The predicted molar refractivity (Wildman–Crippen MR) is 92.0 cm³/mol. The summed E-state index contributed by atoms with van der Waals surface area (Å²) in [6.45, 7) is 3.85. The van der Waals surface area contributed by atoms with Crippen molar-refractivity contribution in [3.8, 4) is 0 Å². The van der Waals surface area contributed by atoms with Gasteiger partial charge < -0.3 is 5.32 Å². The van der Waals surface area contributed by atoms with Crippen molar-refractivity contribution in [2.24, 2.45) is 0 Å². The number of hydrogen-bond donors (Lipinski definition) is 1. The van der Waals surface area contributed by atoms with Crippen LogP contribution in [-0.4, -0.2) is 5.78 Å². The zero-order valence-electron chi connectivity index (χ0n) is 11.8. The summed E-state index contributed by atoms with van der Waals surface area (Å²) in [4.78, 5) is 12.1. The number of benzene rings is 2. The van der Waals surface area contributed by atoms with E-state index in [0.717, 1.165) is 21.4 Å². The quantitative estimate of drug-likeness (QED) is 0.564. The van der Waals surface area contributed by atoms with Gasteiger partial charge in [-0.1, -0.05) is 41.4 Å². The predicted octanol–water partition coefficient (Wildman–Crippen LogP) is 5.61. The zero-order chi connectivity index (χ0) is 15.4. The number of nitrogens with one attached hydrogen (secondary N) is 1. The average Bonchev–Trinajstić information content (AvgIpc) is 2.42. The topological polar surface area (TPSA) is 29.1 Å². The minimum atomic E-state index is -0.0231. The summed E-state index contributed by atoms with van der Waals surface area (Å²) in [5, 5.41) is 3.84. The Bertz CT molecular complexity index is 692. The van der Waals surface area contributed by atoms with Crippen molar-refractivity contribution in [2.75, 3.05) is 5.32 Å². The molecule has 0 aliphatic rings. The second-order valence-corrected chi connectivity index (χ2v) is 6.10. The lowest BCUT2D eigenvalue weighted by molar-refractivity contribution is 0.104. The number of halogens is 2. The van der Waals surface area contributed by atoms with Crippen LogP contribution in [0.4, 0.5) is 5.69 Å². The van der Waals surface area contributed by atoms with Gasteiger partial charge in [0, 0.05) is 26.8 Å². The van der Waals surface area contributed by atoms with Crippen LogP contribution in [-0.2, 0) is 0 Å². The molecular weight excluding hydrogens is 350 g/mol. The first kappa shape index (κ1) is 15.8. The highest BCUT2D eigenvalue weighted by atomic mass is 79.9. The summed E-state index contributed by atoms with van der Waals surface area (Å²) in [5.74, 6) is -0.0231. The van der Waals surface area contributed by atoms with Crippen LogP contribution in [0.15, 0.2) is 58.7 Å². The molecule has 0 heterocycles. The fourth-order valence-corrected chi connectivity index (χ4v) is 2.62. The van der Waals surface area contributed by atoms with Crippen LogP contribution in [0.1, 0.15) is 22.8 Å². The van der Waals surface area contributed by atoms with E-state index in [4.69, 9.17) is 11.6 Å². The van der Waals surface area contributed by atoms with Crippen molar-refractivity contribution in [2.45, 2.75) is 13.8 Å². The van der Waals surface area contributed by atoms with Crippen LogP contribution < -0.4 is 5.32 Å². The molecule has 0 saturated heterocycles. The third-order valence-corrected chi connectivity index (χ3v) is 3.84. The molecule has 0 aromatic heterocycles. The van der Waals surface area contributed by atoms with E-state index in [9.17, 15) is 4.79 Å². The number of rotatable bonds is 4. The number of aryl methyl sites for hydroxylation is 1. The highest BCUT2D eigenvalue weighted by Crippen LogP contribution is 2.26. The van der Waals surface area contributed by atoms with Crippen molar-refractivity contribution >= 4 is 39.0 Å². The Morgan fingerprint density at radius 2 is 1.86 bits per heavy atom. The Kier molecular flexibility index (Phi) is 5.21. The largest absolute Gasteiger partial charge is 0.358 e. The van der Waals surface area contributed by atoms with Crippen LogP contribution in [0, 0.1) is 6.92 Å². The van der Waals surface area contributed by atoms with E-state index in [-0.39, 0.29) is 5.78 Å². The van der Waals surface area contributed by atoms with E-state index in [2.05, 4.69) is 21.2 Å². The molecule has 21 heavy (non-hydrogen) atoms. The van der Waals surface area contributed by atoms with E-state index in [1.807, 2.05) is 44.2 Å². The first-order valence-corrected chi connectivity index (χ1v) is 7.64. The van der Waals surface area contributed by atoms with Crippen molar-refractivity contribution in [3.63, 3.8) is 0 Å². The van der Waals surface area contributed by atoms with E-state index in [1.54, 1.807) is 18.2 Å². The molecule has 0 aliphatic carbocycles. The van der Waals surface area contributed by atoms with Crippen molar-refractivity contribution < 1.29 is 4.79 Å². The molecule has 2 nitrogen and oxygen atoms in total. The molecule has 4 heteroatoms. The summed E-state index contributed by atoms with van der Waals surface area (Å²) < 4.78 is 0.852. The van der Waals surface area contributed by atoms with Gasteiger partial charge in [0.05, 0.1) is 5.69 Å². The summed E-state index contributed by atoms with van der Waals surface area (Å²) in [6.07, 6.45) is 1.59. The number of ketones is 1. The Balaban J connectivity index is 2.13. The molecule has 0 radical (unpaired) electrons. The highest BCUT2D eigenvalue weighted by molar-refractivity contribution is 9.10. The highest BCUT2D eigenvalue weighted by Gasteiger charge is 2.05. The maximum Gasteiger partial charge on any atom is 0.187 e. The van der Waals surface area contributed by atoms with Crippen LogP contribution in [0.2, 0.25) is 5.02 Å². The van der Waals surface area contributed by atoms with Gasteiger partial charge in [-0.25, -0.2) is 0 Å². The molecule has 1 N–H and O–H groups in total. The molecule has 0 saturated carbocycles. The van der Waals surface area contributed by atoms with Gasteiger partial charge >= 0.3 is 0 Å². The maximum atomic E-state index is 12.1. The number of allylic oxidation sites excluding steroid dienone is 2. The van der Waals surface area contributed by atoms with Crippen LogP contribution in [0.5, 0.6) is 0 Å². The van der Waals surface area contributed by atoms with E-state index in [1.165, 1.54) is 0 Å². The second kappa shape index (κ2) is 6.92. The van der Waals surface area contributed by atoms with Crippen LogP contribution >= 0.6 is 27.5 Å². The van der Waals surface area contributed by atoms with E-state index >= 15 is 0 Å². The molecule has 0 amide bonds. The van der Waals surface area contributed by atoms with Crippen molar-refractivity contribution in [1.82, 2.24) is 0 Å². The summed E-state index contributed by atoms with van der Waals surface area (Å²) in [6, 6.07) is 13.0. The van der Waals surface area contributed by atoms with Gasteiger partial charge in [0.25, 0.3) is 0 Å². The molecule has 108 valence electrons. The summed E-state index contributed by atoms with van der Waals surface area (Å²) in [7, 11) is 0. The Morgan fingerprint density at radius 3 is 2.48 bits per heavy atom. The maximum absolute atomic E-state index is 12.1. The third-order valence-electron chi connectivity index (χ3n) is 2.95. The van der Waals surface area contributed by atoms with Crippen molar-refractivity contribution in [1.29, 1.82) is 0 Å². The number of carbonyl (C=O) groups is 1. The molecule has 0 bridgehead atoms. The van der Waals surface area contributed by atoms with Crippen LogP contribution in [0.3, 0.4) is 0 Å². The average molecular weight is 365 g/mol. The van der Waals surface area contributed by atoms with Gasteiger partial charge in [-0.3, -0.25) is 4.79 Å². The Morgan fingerprint density at radius 1 is 1.19 bits per heavy atom. The SMILES string of the molecule is C/C(=C\C(=O)c1ccc(C)cc1)Nc1ccc(Cl)cc1Br. The van der Waals surface area contributed by atoms with E-state index < -0.39 is 0 Å². The van der Waals surface area contributed by atoms with Gasteiger partial charge in [0.15, 0.2) is 5.78 Å². The first-order valence-electron chi connectivity index (χ1n) is 6.47. The fraction of sp³-hybridized carbons (Fsp3) is 0.118. The van der Waals surface area contributed by atoms with Gasteiger partial charge in [-0.2, -0.15) is 0 Å². The molecule has 2 rings (SSSR count). The smallest absolute Gasteiger partial charge is 0.187 e. The molecule has 0 unspecified atom stereocenters. The Labute approximate surface area is 138 Å². The number of hydrogen-bond acceptors (Lipinski definition) is 2. The van der Waals surface area contributed by atoms with E-state index in [0.29, 0.717) is 10.6 Å². The molecule has 2 aromatic rings. The minimum Gasteiger partial charge on any atom is -0.358 e. The molecule has 2 aromatic carbocycles. The Hall–Kier alpha value is -1.58. The number of carbonyl (C=O) groups excluding carboxylic acids is 1. The number of anilines is 1. The first-order chi connectivity index (χ1) is 9.95. The molecule has 0 aliphatic heterocycles. The standard InChI is InChI=1S/C17H15BrClNO/c1-11-3-5-13(6-4-11)17(21)9-12(2)20-16-8-7-14(19)10-15(16)18/h3-10,20H,1-2H3/b12-9+. The third kappa shape index (κ3) is 4.45. The van der Waals surface area contributed by atoms with Gasteiger partial charge in [0.2, 0.25) is 0 Å². The monoisotopic (exact) mass is 363 g/mol. The molecular formula is C17H15BrClNO. The lowest BCUT2D eigenvalue weighted by Gasteiger charge is -2.09. The molecule has 0 atom stereocenters. The molecule has 0 fully saturated rings. The summed E-state index contributed by atoms with van der Waals surface area (Å²) >= 11 is 9.34. The zero-order valence-corrected chi connectivity index (χ0v) is 14.1. The lowest BCUT2D eigenvalue weighted by Crippen LogP contribution is -2.02. The summed E-state index contributed by atoms with van der Waals surface area (Å²) in [5.41, 5.74) is 3.45. The van der Waals surface area contributed by atoms with Crippen LogP contribution in [0.25, 0.3) is 0 Å². The second-order valence-electron chi connectivity index (χ2n) is 4.81. The lowest BCUT2D eigenvalue weighted by atomic mass is 10.1. The van der Waals surface area contributed by atoms with Gasteiger partial charge in [-0.05, 0) is 48.0 Å². The normalized spacial score (nSPS) is 11.3.